The number of aliphatic hydroxyl groups excluding tert-OH is 2. The maximum absolute atomic E-state index is 13.2. The number of nitrogens with two attached hydrogens (primary N) is 2. The largest absolute Gasteiger partial charge is 0.472 e. The first-order chi connectivity index (χ1) is 21.3. The molecule has 3 aliphatic heterocycles. The molecule has 7 rings (SSSR count). The highest BCUT2D eigenvalue weighted by atomic mass is 31.2. The second-order valence-electron chi connectivity index (χ2n) is 10.1. The van der Waals surface area contributed by atoms with Crippen molar-refractivity contribution in [3.8, 4) is 0 Å². The number of aromatic nitrogens is 8. The van der Waals surface area contributed by atoms with E-state index in [0.29, 0.717) is 0 Å². The van der Waals surface area contributed by atoms with Crippen LogP contribution < -0.4 is 17.0 Å². The Kier molecular flexibility index (Phi) is 7.27. The van der Waals surface area contributed by atoms with Crippen LogP contribution in [0.4, 0.5) is 11.8 Å². The van der Waals surface area contributed by atoms with E-state index in [-0.39, 0.29) is 34.1 Å². The van der Waals surface area contributed by atoms with Crippen molar-refractivity contribution in [2.45, 2.75) is 49.1 Å². The molecule has 2 unspecified atom stereocenters. The van der Waals surface area contributed by atoms with Crippen molar-refractivity contribution in [3.63, 3.8) is 0 Å². The van der Waals surface area contributed by atoms with Crippen molar-refractivity contribution in [3.05, 3.63) is 29.3 Å². The monoisotopic (exact) mass is 674 g/mol. The Morgan fingerprint density at radius 1 is 0.822 bits per heavy atom. The van der Waals surface area contributed by atoms with E-state index in [1.54, 1.807) is 0 Å². The van der Waals surface area contributed by atoms with Gasteiger partial charge in [0.2, 0.25) is 5.95 Å². The number of aliphatic hydroxyl groups is 2. The number of aromatic amines is 1. The number of phosphoric acid groups is 2. The SMILES string of the molecule is Nc1nc2c(ncn2[C@@H]2O[C@H]3COP(=O)(O)O[C@H]4[C@@H](O)[C@H](n5cnc6c(N)ncnc65)O[C@H]4COP(=O)(O)O[C@@H]2[C@@H]3O)c(=O)[nH]1. The lowest BCUT2D eigenvalue weighted by molar-refractivity contribution is -0.0672. The summed E-state index contributed by atoms with van der Waals surface area (Å²) in [7, 11) is -10.2. The number of ether oxygens (including phenoxy) is 2. The van der Waals surface area contributed by atoms with Gasteiger partial charge in [-0.2, -0.15) is 4.98 Å². The molecule has 10 atom stereocenters. The molecular formula is C20H24N10O13P2. The third-order valence-electron chi connectivity index (χ3n) is 7.32. The van der Waals surface area contributed by atoms with Crippen LogP contribution in [-0.4, -0.2) is 109 Å². The topological polar surface area (TPSA) is 330 Å². The molecule has 0 aliphatic carbocycles. The van der Waals surface area contributed by atoms with Crippen LogP contribution in [0, 0.1) is 0 Å². The normalized spacial score (nSPS) is 37.7. The summed E-state index contributed by atoms with van der Waals surface area (Å²) in [6.07, 6.45) is -9.21. The molecule has 0 radical (unpaired) electrons. The van der Waals surface area contributed by atoms with E-state index in [1.807, 2.05) is 0 Å². The molecule has 9 N–H and O–H groups in total. The molecule has 25 heteroatoms. The second kappa shape index (κ2) is 10.8. The fourth-order valence-electron chi connectivity index (χ4n) is 5.30. The van der Waals surface area contributed by atoms with Gasteiger partial charge >= 0.3 is 15.6 Å². The second-order valence-corrected chi connectivity index (χ2v) is 13.0. The molecule has 4 aromatic rings. The molecule has 2 bridgehead atoms. The Labute approximate surface area is 248 Å². The Morgan fingerprint density at radius 3 is 2.18 bits per heavy atom. The van der Waals surface area contributed by atoms with Crippen molar-refractivity contribution in [1.82, 2.24) is 39.0 Å². The van der Waals surface area contributed by atoms with Gasteiger partial charge in [-0.1, -0.05) is 0 Å². The smallest absolute Gasteiger partial charge is 0.387 e. The van der Waals surface area contributed by atoms with Gasteiger partial charge in [-0.25, -0.2) is 29.1 Å². The standard InChI is InChI=1S/C20H24N10O13P2/c21-14-8-15(24-3-23-14)29(4-25-8)18-11(32)12-7(41-18)2-39-45(36,37)43-13-10(31)6(1-38-44(34,35)42-12)40-19(13)30-5-26-9-16(30)27-20(22)28-17(9)33/h3-7,10-13,18-19,31-32H,1-2H2,(H,34,35)(H,36,37)(H2,21,23,24)(H3,22,27,28,33)/t6-,7-,10+,11+,12+,13+,18+,19+/m0/s1. The zero-order valence-corrected chi connectivity index (χ0v) is 24.2. The fraction of sp³-hybridized carbons (Fsp3) is 0.500. The fourth-order valence-corrected chi connectivity index (χ4v) is 7.19. The van der Waals surface area contributed by atoms with Crippen LogP contribution in [0.1, 0.15) is 12.5 Å². The number of hydrogen-bond donors (Lipinski definition) is 7. The quantitative estimate of drug-likeness (QED) is 0.109. The number of imidazole rings is 2. The van der Waals surface area contributed by atoms with Gasteiger partial charge in [-0.15, -0.1) is 0 Å². The predicted octanol–water partition coefficient (Wildman–Crippen LogP) is -2.34. The average molecular weight is 674 g/mol. The molecule has 242 valence electrons. The van der Waals surface area contributed by atoms with Gasteiger partial charge < -0.3 is 40.9 Å². The Hall–Kier alpha value is -3.44. The van der Waals surface area contributed by atoms with Gasteiger partial charge in [0.15, 0.2) is 35.1 Å². The van der Waals surface area contributed by atoms with Crippen LogP contribution in [0.5, 0.6) is 0 Å². The van der Waals surface area contributed by atoms with Crippen LogP contribution >= 0.6 is 15.6 Å². The summed E-state index contributed by atoms with van der Waals surface area (Å²) in [5.74, 6) is -0.250. The summed E-state index contributed by atoms with van der Waals surface area (Å²) in [5, 5.41) is 22.1. The lowest BCUT2D eigenvalue weighted by Crippen LogP contribution is -2.36. The molecule has 3 aliphatic rings. The Morgan fingerprint density at radius 2 is 1.44 bits per heavy atom. The highest BCUT2D eigenvalue weighted by molar-refractivity contribution is 7.47. The van der Waals surface area contributed by atoms with E-state index in [1.165, 1.54) is 10.9 Å². The third kappa shape index (κ3) is 5.31. The minimum atomic E-state index is -5.11. The van der Waals surface area contributed by atoms with E-state index < -0.39 is 83.5 Å². The number of nitrogens with one attached hydrogen (secondary N) is 1. The van der Waals surface area contributed by atoms with Gasteiger partial charge in [0.25, 0.3) is 5.56 Å². The van der Waals surface area contributed by atoms with Gasteiger partial charge in [0.05, 0.1) is 25.9 Å². The molecule has 23 nitrogen and oxygen atoms in total. The number of phosphoric ester groups is 2. The molecule has 3 fully saturated rings. The molecule has 0 spiro atoms. The molecule has 45 heavy (non-hydrogen) atoms. The molecule has 0 aromatic carbocycles. The number of fused-ring (bicyclic) bond motifs is 5. The summed E-state index contributed by atoms with van der Waals surface area (Å²) < 4.78 is 61.0. The summed E-state index contributed by atoms with van der Waals surface area (Å²) in [4.78, 5) is 55.8. The first-order valence-electron chi connectivity index (χ1n) is 13.0. The van der Waals surface area contributed by atoms with Crippen LogP contribution in [0.3, 0.4) is 0 Å². The van der Waals surface area contributed by atoms with E-state index in [0.717, 1.165) is 17.2 Å². The van der Waals surface area contributed by atoms with Gasteiger partial charge in [0, 0.05) is 0 Å². The molecule has 0 amide bonds. The van der Waals surface area contributed by atoms with E-state index in [4.69, 9.17) is 39.0 Å². The van der Waals surface area contributed by atoms with Crippen molar-refractivity contribution >= 4 is 49.7 Å². The lowest BCUT2D eigenvalue weighted by atomic mass is 10.1. The first-order valence-corrected chi connectivity index (χ1v) is 15.9. The van der Waals surface area contributed by atoms with Crippen LogP contribution in [0.2, 0.25) is 0 Å². The average Bonchev–Trinajstić information content (AvgIpc) is 3.72. The molecular weight excluding hydrogens is 650 g/mol. The van der Waals surface area contributed by atoms with Crippen molar-refractivity contribution in [2.24, 2.45) is 0 Å². The number of nitrogens with zero attached hydrogens (tertiary/aromatic N) is 7. The van der Waals surface area contributed by atoms with Crippen LogP contribution in [-0.2, 0) is 36.7 Å². The third-order valence-corrected chi connectivity index (χ3v) is 9.29. The van der Waals surface area contributed by atoms with Gasteiger partial charge in [0.1, 0.15) is 48.5 Å². The number of nitrogen functional groups attached to an aromatic ring is 2. The number of rotatable bonds is 2. The Bertz CT molecular complexity index is 1940. The minimum absolute atomic E-state index is 0.0343. The Balaban J connectivity index is 1.21. The van der Waals surface area contributed by atoms with Crippen LogP contribution in [0.15, 0.2) is 23.8 Å². The van der Waals surface area contributed by atoms with Crippen LogP contribution in [0.25, 0.3) is 22.3 Å². The zero-order valence-electron chi connectivity index (χ0n) is 22.4. The molecule has 0 saturated carbocycles. The first kappa shape index (κ1) is 30.2. The zero-order chi connectivity index (χ0) is 31.8. The summed E-state index contributed by atoms with van der Waals surface area (Å²) in [6.45, 7) is -1.65. The summed E-state index contributed by atoms with van der Waals surface area (Å²) in [5.41, 5.74) is 10.8. The highest BCUT2D eigenvalue weighted by Crippen LogP contribution is 2.53. The number of hydrogen-bond acceptors (Lipinski definition) is 18. The summed E-state index contributed by atoms with van der Waals surface area (Å²) >= 11 is 0. The predicted molar refractivity (Wildman–Crippen MR) is 143 cm³/mol. The number of anilines is 2. The van der Waals surface area contributed by atoms with Gasteiger partial charge in [-0.3, -0.25) is 37.0 Å². The van der Waals surface area contributed by atoms with Crippen molar-refractivity contribution in [1.29, 1.82) is 0 Å². The highest BCUT2D eigenvalue weighted by Gasteiger charge is 2.54. The van der Waals surface area contributed by atoms with Crippen molar-refractivity contribution < 1.29 is 56.7 Å². The number of H-pyrrole nitrogens is 1. The minimum Gasteiger partial charge on any atom is -0.387 e. The van der Waals surface area contributed by atoms with E-state index in [9.17, 15) is 33.9 Å². The lowest BCUT2D eigenvalue weighted by Gasteiger charge is -2.25. The van der Waals surface area contributed by atoms with E-state index in [2.05, 4.69) is 29.9 Å². The molecule has 3 saturated heterocycles. The van der Waals surface area contributed by atoms with Crippen molar-refractivity contribution in [2.75, 3.05) is 24.7 Å². The molecule has 4 aromatic heterocycles. The van der Waals surface area contributed by atoms with Gasteiger partial charge in [-0.05, 0) is 0 Å². The summed E-state index contributed by atoms with van der Waals surface area (Å²) in [6, 6.07) is 0. The molecule has 7 heterocycles. The maximum Gasteiger partial charge on any atom is 0.472 e. The van der Waals surface area contributed by atoms with E-state index >= 15 is 0 Å². The maximum atomic E-state index is 13.2.